The quantitative estimate of drug-likeness (QED) is 0.564. The predicted octanol–water partition coefficient (Wildman–Crippen LogP) is 1.21. The van der Waals surface area contributed by atoms with E-state index >= 15 is 0 Å². The van der Waals surface area contributed by atoms with Crippen LogP contribution in [0.3, 0.4) is 0 Å². The molecule has 0 bridgehead atoms. The molecule has 0 aliphatic heterocycles. The molecule has 56 valence electrons. The van der Waals surface area contributed by atoms with E-state index in [0.717, 1.165) is 5.56 Å². The number of hydrogen-bond donors (Lipinski definition) is 0. The van der Waals surface area contributed by atoms with Crippen molar-refractivity contribution < 1.29 is 9.63 Å². The second-order valence-corrected chi connectivity index (χ2v) is 2.49. The zero-order chi connectivity index (χ0) is 7.84. The van der Waals surface area contributed by atoms with Crippen LogP contribution in [0.2, 0.25) is 0 Å². The Labute approximate surface area is 63.2 Å². The van der Waals surface area contributed by atoms with Crippen LogP contribution >= 0.6 is 0 Å². The van der Waals surface area contributed by atoms with Gasteiger partial charge in [-0.05, 0) is 24.6 Å². The Hall–Kier alpha value is -1.51. The maximum absolute atomic E-state index is 10.9. The lowest BCUT2D eigenvalue weighted by Gasteiger charge is -1.95. The van der Waals surface area contributed by atoms with Gasteiger partial charge < -0.3 is 9.63 Å². The third kappa shape index (κ3) is 0.852. The summed E-state index contributed by atoms with van der Waals surface area (Å²) < 4.78 is 4.77. The summed E-state index contributed by atoms with van der Waals surface area (Å²) in [5, 5.41) is 14.7. The van der Waals surface area contributed by atoms with Gasteiger partial charge in [-0.3, -0.25) is 0 Å². The maximum Gasteiger partial charge on any atom is 0.166 e. The lowest BCUT2D eigenvalue weighted by atomic mass is 10.2. The minimum Gasteiger partial charge on any atom is -0.856 e. The molecule has 0 amide bonds. The van der Waals surface area contributed by atoms with Crippen molar-refractivity contribution in [1.29, 1.82) is 0 Å². The van der Waals surface area contributed by atoms with E-state index in [1.54, 1.807) is 12.1 Å². The van der Waals surface area contributed by atoms with E-state index < -0.39 is 0 Å². The van der Waals surface area contributed by atoms with Crippen molar-refractivity contribution in [2.75, 3.05) is 0 Å². The molecule has 0 N–H and O–H groups in total. The number of aromatic nitrogens is 1. The van der Waals surface area contributed by atoms with Gasteiger partial charge in [0.15, 0.2) is 5.58 Å². The fourth-order valence-electron chi connectivity index (χ4n) is 1.02. The Morgan fingerprint density at radius 3 is 3.09 bits per heavy atom. The Morgan fingerprint density at radius 2 is 2.27 bits per heavy atom. The third-order valence-corrected chi connectivity index (χ3v) is 1.59. The first-order valence-corrected chi connectivity index (χ1v) is 3.30. The molecule has 0 aliphatic carbocycles. The molecule has 1 heterocycles. The Morgan fingerprint density at radius 1 is 1.45 bits per heavy atom. The fraction of sp³-hybridized carbons (Fsp3) is 0.125. The number of hydrogen-bond acceptors (Lipinski definition) is 3. The topological polar surface area (TPSA) is 49.1 Å². The van der Waals surface area contributed by atoms with Crippen LogP contribution in [0.1, 0.15) is 5.56 Å². The molecule has 0 atom stereocenters. The van der Waals surface area contributed by atoms with Crippen LogP contribution in [0.4, 0.5) is 0 Å². The van der Waals surface area contributed by atoms with Crippen molar-refractivity contribution >= 4 is 11.0 Å². The molecule has 0 unspecified atom stereocenters. The average Bonchev–Trinajstić information content (AvgIpc) is 2.32. The number of nitrogens with zero attached hydrogens (tertiary/aromatic N) is 1. The Balaban J connectivity index is 2.86. The molecule has 0 saturated heterocycles. The van der Waals surface area contributed by atoms with E-state index in [2.05, 4.69) is 5.16 Å². The Kier molecular flexibility index (Phi) is 1.12. The molecule has 1 aromatic heterocycles. The van der Waals surface area contributed by atoms with Gasteiger partial charge in [0, 0.05) is 11.3 Å². The monoisotopic (exact) mass is 148 g/mol. The number of aryl methyl sites for hydroxylation is 1. The largest absolute Gasteiger partial charge is 0.856 e. The summed E-state index contributed by atoms with van der Waals surface area (Å²) in [7, 11) is 0. The van der Waals surface area contributed by atoms with Crippen molar-refractivity contribution in [2.24, 2.45) is 0 Å². The molecule has 0 aliphatic rings. The first-order chi connectivity index (χ1) is 5.27. The van der Waals surface area contributed by atoms with Gasteiger partial charge in [-0.15, -0.1) is 0 Å². The van der Waals surface area contributed by atoms with Crippen LogP contribution in [0.15, 0.2) is 22.7 Å². The molecule has 2 rings (SSSR count). The van der Waals surface area contributed by atoms with Gasteiger partial charge in [-0.25, -0.2) is 0 Å². The smallest absolute Gasteiger partial charge is 0.166 e. The summed E-state index contributed by atoms with van der Waals surface area (Å²) in [5.41, 5.74) is 1.63. The molecule has 0 saturated carbocycles. The zero-order valence-corrected chi connectivity index (χ0v) is 6.00. The van der Waals surface area contributed by atoms with Gasteiger partial charge in [-0.1, -0.05) is 11.2 Å². The molecule has 0 radical (unpaired) electrons. The molecule has 1 aromatic carbocycles. The Bertz CT molecular complexity index is 392. The normalized spacial score (nSPS) is 10.6. The molecule has 11 heavy (non-hydrogen) atoms. The lowest BCUT2D eigenvalue weighted by molar-refractivity contribution is -0.274. The van der Waals surface area contributed by atoms with Crippen LogP contribution in [0.25, 0.3) is 11.0 Å². The summed E-state index contributed by atoms with van der Waals surface area (Å²) in [6, 6.07) is 5.38. The molecule has 3 nitrogen and oxygen atoms in total. The van der Waals surface area contributed by atoms with Crippen molar-refractivity contribution in [2.45, 2.75) is 6.92 Å². The zero-order valence-electron chi connectivity index (χ0n) is 6.00. The summed E-state index contributed by atoms with van der Waals surface area (Å²) in [6.45, 7) is 1.94. The molecule has 2 aromatic rings. The predicted molar refractivity (Wildman–Crippen MR) is 38.2 cm³/mol. The summed E-state index contributed by atoms with van der Waals surface area (Å²) in [5.74, 6) is -0.292. The average molecular weight is 148 g/mol. The fourth-order valence-corrected chi connectivity index (χ4v) is 1.02. The van der Waals surface area contributed by atoms with Crippen LogP contribution < -0.4 is 5.11 Å². The molecule has 0 spiro atoms. The van der Waals surface area contributed by atoms with E-state index in [1.165, 1.54) is 0 Å². The second kappa shape index (κ2) is 1.99. The SMILES string of the molecule is Cc1ccc2c([O-])noc2c1. The maximum atomic E-state index is 10.9. The number of fused-ring (bicyclic) bond motifs is 1. The van der Waals surface area contributed by atoms with Gasteiger partial charge in [0.05, 0.1) is 0 Å². The molecule has 0 fully saturated rings. The molecular weight excluding hydrogens is 142 g/mol. The summed E-state index contributed by atoms with van der Waals surface area (Å²) >= 11 is 0. The van der Waals surface area contributed by atoms with E-state index in [4.69, 9.17) is 4.52 Å². The first-order valence-electron chi connectivity index (χ1n) is 3.30. The van der Waals surface area contributed by atoms with Crippen molar-refractivity contribution in [3.8, 4) is 5.88 Å². The molecular formula is C8H6NO2-. The van der Waals surface area contributed by atoms with Gasteiger partial charge in [0.1, 0.15) is 0 Å². The molecule has 3 heteroatoms. The second-order valence-electron chi connectivity index (χ2n) is 2.49. The van der Waals surface area contributed by atoms with Crippen molar-refractivity contribution in [3.05, 3.63) is 23.8 Å². The van der Waals surface area contributed by atoms with Crippen LogP contribution in [0.5, 0.6) is 5.88 Å². The highest BCUT2D eigenvalue weighted by molar-refractivity contribution is 5.81. The van der Waals surface area contributed by atoms with Crippen LogP contribution in [0, 0.1) is 6.92 Å². The van der Waals surface area contributed by atoms with Crippen LogP contribution in [-0.4, -0.2) is 5.16 Å². The van der Waals surface area contributed by atoms with Crippen molar-refractivity contribution in [3.63, 3.8) is 0 Å². The lowest BCUT2D eigenvalue weighted by Crippen LogP contribution is -1.88. The third-order valence-electron chi connectivity index (χ3n) is 1.59. The van der Waals surface area contributed by atoms with E-state index in [9.17, 15) is 5.11 Å². The standard InChI is InChI=1S/C8H7NO2/c1-5-2-3-6-7(4-5)11-9-8(6)10/h2-4H,1H3,(H,9,10)/p-1. The highest BCUT2D eigenvalue weighted by Crippen LogP contribution is 2.21. The minimum atomic E-state index is -0.292. The van der Waals surface area contributed by atoms with Crippen LogP contribution in [-0.2, 0) is 0 Å². The summed E-state index contributed by atoms with van der Waals surface area (Å²) in [4.78, 5) is 0. The van der Waals surface area contributed by atoms with Gasteiger partial charge in [-0.2, -0.15) is 0 Å². The van der Waals surface area contributed by atoms with E-state index in [1.807, 2.05) is 13.0 Å². The highest BCUT2D eigenvalue weighted by Gasteiger charge is 1.98. The number of benzene rings is 1. The van der Waals surface area contributed by atoms with Crippen molar-refractivity contribution in [1.82, 2.24) is 5.16 Å². The summed E-state index contributed by atoms with van der Waals surface area (Å²) in [6.07, 6.45) is 0. The van der Waals surface area contributed by atoms with Gasteiger partial charge in [0.25, 0.3) is 0 Å². The first kappa shape index (κ1) is 6.22. The van der Waals surface area contributed by atoms with Gasteiger partial charge >= 0.3 is 0 Å². The minimum absolute atomic E-state index is 0.292. The highest BCUT2D eigenvalue weighted by atomic mass is 16.5. The number of rotatable bonds is 0. The van der Waals surface area contributed by atoms with Gasteiger partial charge in [0.2, 0.25) is 0 Å². The van der Waals surface area contributed by atoms with E-state index in [-0.39, 0.29) is 5.88 Å². The van der Waals surface area contributed by atoms with E-state index in [0.29, 0.717) is 11.0 Å².